The third kappa shape index (κ3) is 4.96. The summed E-state index contributed by atoms with van der Waals surface area (Å²) in [6.45, 7) is 6.09. The van der Waals surface area contributed by atoms with Crippen LogP contribution in [0, 0.1) is 0 Å². The quantitative estimate of drug-likeness (QED) is 0.595. The van der Waals surface area contributed by atoms with E-state index in [1.165, 1.54) is 12.8 Å². The molecule has 0 unspecified atom stereocenters. The summed E-state index contributed by atoms with van der Waals surface area (Å²) in [5.74, 6) is 2.14. The van der Waals surface area contributed by atoms with Crippen LogP contribution in [0.25, 0.3) is 11.4 Å². The second-order valence-corrected chi connectivity index (χ2v) is 7.46. The van der Waals surface area contributed by atoms with E-state index in [1.807, 2.05) is 31.2 Å². The summed E-state index contributed by atoms with van der Waals surface area (Å²) in [4.78, 5) is 8.77. The third-order valence-corrected chi connectivity index (χ3v) is 4.87. The fraction of sp³-hybridized carbons (Fsp3) is 0.524. The summed E-state index contributed by atoms with van der Waals surface area (Å²) < 4.78 is 22.4. The Labute approximate surface area is 159 Å². The summed E-state index contributed by atoms with van der Waals surface area (Å²) >= 11 is 0. The van der Waals surface area contributed by atoms with E-state index in [0.717, 1.165) is 24.3 Å². The molecule has 6 nitrogen and oxygen atoms in total. The number of aromatic nitrogens is 2. The van der Waals surface area contributed by atoms with Crippen molar-refractivity contribution in [1.82, 2.24) is 9.97 Å². The van der Waals surface area contributed by atoms with Crippen LogP contribution >= 0.6 is 0 Å². The van der Waals surface area contributed by atoms with Crippen LogP contribution in [0.15, 0.2) is 36.7 Å². The molecule has 2 aromatic rings. The van der Waals surface area contributed by atoms with Crippen molar-refractivity contribution in [2.24, 2.45) is 0 Å². The molecule has 6 heteroatoms. The molecular weight excluding hydrogens is 344 g/mol. The van der Waals surface area contributed by atoms with Gasteiger partial charge in [0.05, 0.1) is 25.1 Å². The fourth-order valence-corrected chi connectivity index (χ4v) is 2.85. The first kappa shape index (κ1) is 18.2. The second kappa shape index (κ2) is 7.82. The minimum Gasteiger partial charge on any atom is -0.491 e. The van der Waals surface area contributed by atoms with E-state index in [-0.39, 0.29) is 11.7 Å². The maximum absolute atomic E-state index is 5.82. The normalized spacial score (nSPS) is 25.9. The highest BCUT2D eigenvalue weighted by Gasteiger charge is 2.40. The molecule has 2 saturated heterocycles. The van der Waals surface area contributed by atoms with Crippen LogP contribution in [-0.2, 0) is 9.47 Å². The average molecular weight is 370 g/mol. The van der Waals surface area contributed by atoms with Crippen molar-refractivity contribution in [3.05, 3.63) is 36.7 Å². The van der Waals surface area contributed by atoms with Crippen molar-refractivity contribution in [3.8, 4) is 22.9 Å². The van der Waals surface area contributed by atoms with Crippen molar-refractivity contribution >= 4 is 0 Å². The molecule has 0 radical (unpaired) electrons. The number of epoxide rings is 2. The number of hydrogen-bond donors (Lipinski definition) is 0. The van der Waals surface area contributed by atoms with Gasteiger partial charge in [0.1, 0.15) is 30.7 Å². The van der Waals surface area contributed by atoms with Crippen molar-refractivity contribution in [2.45, 2.75) is 50.9 Å². The van der Waals surface area contributed by atoms with E-state index in [2.05, 4.69) is 16.9 Å². The Kier molecular flexibility index (Phi) is 5.27. The predicted molar refractivity (Wildman–Crippen MR) is 101 cm³/mol. The van der Waals surface area contributed by atoms with E-state index in [4.69, 9.17) is 18.9 Å². The van der Waals surface area contributed by atoms with Crippen LogP contribution in [0.5, 0.6) is 11.5 Å². The van der Waals surface area contributed by atoms with E-state index in [1.54, 1.807) is 12.4 Å². The first-order valence-corrected chi connectivity index (χ1v) is 9.63. The first-order valence-electron chi connectivity index (χ1n) is 9.63. The number of benzene rings is 1. The van der Waals surface area contributed by atoms with Gasteiger partial charge in [0, 0.05) is 5.56 Å². The molecule has 0 spiro atoms. The van der Waals surface area contributed by atoms with Gasteiger partial charge in [-0.05, 0) is 37.6 Å². The molecule has 0 bridgehead atoms. The number of rotatable bonds is 10. The van der Waals surface area contributed by atoms with Gasteiger partial charge in [0.15, 0.2) is 11.6 Å². The number of ether oxygens (including phenoxy) is 4. The van der Waals surface area contributed by atoms with Gasteiger partial charge in [-0.15, -0.1) is 0 Å². The molecule has 3 atom stereocenters. The highest BCUT2D eigenvalue weighted by molar-refractivity contribution is 5.56. The van der Waals surface area contributed by atoms with Crippen LogP contribution in [0.1, 0.15) is 33.1 Å². The number of nitrogens with zero attached hydrogens (tertiary/aromatic N) is 2. The molecule has 144 valence electrons. The van der Waals surface area contributed by atoms with E-state index in [9.17, 15) is 0 Å². The molecule has 2 aliphatic rings. The topological polar surface area (TPSA) is 69.3 Å². The zero-order chi connectivity index (χ0) is 18.7. The maximum atomic E-state index is 5.82. The lowest BCUT2D eigenvalue weighted by atomic mass is 10.1. The summed E-state index contributed by atoms with van der Waals surface area (Å²) in [6.07, 6.45) is 7.57. The van der Waals surface area contributed by atoms with Crippen LogP contribution in [-0.4, -0.2) is 47.6 Å². The maximum Gasteiger partial charge on any atom is 0.159 e. The van der Waals surface area contributed by atoms with Gasteiger partial charge in [0.25, 0.3) is 0 Å². The predicted octanol–water partition coefficient (Wildman–Crippen LogP) is 3.65. The molecule has 0 aliphatic carbocycles. The van der Waals surface area contributed by atoms with E-state index >= 15 is 0 Å². The minimum absolute atomic E-state index is 0.143. The van der Waals surface area contributed by atoms with Crippen LogP contribution in [0.3, 0.4) is 0 Å². The first-order chi connectivity index (χ1) is 13.1. The molecule has 2 aliphatic heterocycles. The molecule has 0 N–H and O–H groups in total. The van der Waals surface area contributed by atoms with Crippen LogP contribution < -0.4 is 9.47 Å². The summed E-state index contributed by atoms with van der Waals surface area (Å²) in [6, 6.07) is 7.81. The van der Waals surface area contributed by atoms with Gasteiger partial charge < -0.3 is 18.9 Å². The number of hydrogen-bond acceptors (Lipinski definition) is 6. The largest absolute Gasteiger partial charge is 0.491 e. The monoisotopic (exact) mass is 370 g/mol. The lowest BCUT2D eigenvalue weighted by Gasteiger charge is -2.09. The Balaban J connectivity index is 1.26. The van der Waals surface area contributed by atoms with Crippen molar-refractivity contribution in [2.75, 3.05) is 19.8 Å². The standard InChI is InChI=1S/C21H26N2O4/c1-3-4-5-18-19(27-18)12-24-16-8-6-15(7-9-16)20-22-10-17(11-23-20)25-13-21(2)14-26-21/h6-11,18-19H,3-5,12-14H2,1-2H3/t18-,19-,21-/m0/s1. The minimum atomic E-state index is -0.143. The Morgan fingerprint density at radius 1 is 1.07 bits per heavy atom. The van der Waals surface area contributed by atoms with Gasteiger partial charge in [-0.2, -0.15) is 0 Å². The van der Waals surface area contributed by atoms with Crippen LogP contribution in [0.4, 0.5) is 0 Å². The molecule has 0 saturated carbocycles. The molecule has 27 heavy (non-hydrogen) atoms. The van der Waals surface area contributed by atoms with Gasteiger partial charge in [-0.25, -0.2) is 9.97 Å². The Bertz CT molecular complexity index is 744. The zero-order valence-corrected chi connectivity index (χ0v) is 15.9. The van der Waals surface area contributed by atoms with Gasteiger partial charge in [0.2, 0.25) is 0 Å². The molecule has 3 heterocycles. The third-order valence-electron chi connectivity index (χ3n) is 4.87. The molecule has 1 aromatic heterocycles. The Hall–Kier alpha value is -2.18. The van der Waals surface area contributed by atoms with Crippen molar-refractivity contribution in [3.63, 3.8) is 0 Å². The van der Waals surface area contributed by atoms with E-state index in [0.29, 0.717) is 30.9 Å². The average Bonchev–Trinajstić information content (AvgIpc) is 3.62. The molecule has 0 amide bonds. The van der Waals surface area contributed by atoms with Gasteiger partial charge >= 0.3 is 0 Å². The summed E-state index contributed by atoms with van der Waals surface area (Å²) in [5.41, 5.74) is 0.797. The fourth-order valence-electron chi connectivity index (χ4n) is 2.85. The SMILES string of the molecule is CCCC[C@@H]1O[C@H]1COc1ccc(-c2ncc(OC[C@@]3(C)CO3)cn2)cc1. The van der Waals surface area contributed by atoms with Gasteiger partial charge in [-0.1, -0.05) is 19.8 Å². The lowest BCUT2D eigenvalue weighted by Crippen LogP contribution is -2.17. The Morgan fingerprint density at radius 3 is 2.48 bits per heavy atom. The second-order valence-electron chi connectivity index (χ2n) is 7.46. The van der Waals surface area contributed by atoms with Crippen molar-refractivity contribution < 1.29 is 18.9 Å². The van der Waals surface area contributed by atoms with Crippen LogP contribution in [0.2, 0.25) is 0 Å². The summed E-state index contributed by atoms with van der Waals surface area (Å²) in [7, 11) is 0. The Morgan fingerprint density at radius 2 is 1.81 bits per heavy atom. The van der Waals surface area contributed by atoms with Crippen molar-refractivity contribution in [1.29, 1.82) is 0 Å². The number of unbranched alkanes of at least 4 members (excludes halogenated alkanes) is 1. The smallest absolute Gasteiger partial charge is 0.159 e. The lowest BCUT2D eigenvalue weighted by molar-refractivity contribution is 0.201. The molecular formula is C21H26N2O4. The highest BCUT2D eigenvalue weighted by atomic mass is 16.6. The molecule has 2 fully saturated rings. The zero-order valence-electron chi connectivity index (χ0n) is 15.9. The molecule has 4 rings (SSSR count). The van der Waals surface area contributed by atoms with E-state index < -0.39 is 0 Å². The molecule has 1 aromatic carbocycles. The van der Waals surface area contributed by atoms with Gasteiger partial charge in [-0.3, -0.25) is 0 Å². The highest BCUT2D eigenvalue weighted by Crippen LogP contribution is 2.29. The summed E-state index contributed by atoms with van der Waals surface area (Å²) in [5, 5.41) is 0.